The zero-order valence-corrected chi connectivity index (χ0v) is 13.1. The monoisotopic (exact) mass is 301 g/mol. The average Bonchev–Trinajstić information content (AvgIpc) is 2.49. The van der Waals surface area contributed by atoms with Gasteiger partial charge in [-0.05, 0) is 55.7 Å². The molecule has 5 nitrogen and oxygen atoms in total. The number of anilines is 1. The molecule has 1 aliphatic rings. The minimum Gasteiger partial charge on any atom is -0.399 e. The molecule has 0 atom stereocenters. The highest BCUT2D eigenvalue weighted by Crippen LogP contribution is 2.34. The summed E-state index contributed by atoms with van der Waals surface area (Å²) in [5, 5.41) is 0.491. The van der Waals surface area contributed by atoms with Crippen molar-refractivity contribution in [3.8, 4) is 0 Å². The first-order chi connectivity index (χ1) is 10.5. The van der Waals surface area contributed by atoms with Gasteiger partial charge in [0.25, 0.3) is 5.56 Å². The Morgan fingerprint density at radius 3 is 2.50 bits per heavy atom. The Kier molecular flexibility index (Phi) is 3.81. The summed E-state index contributed by atoms with van der Waals surface area (Å²) in [6, 6.07) is 5.02. The van der Waals surface area contributed by atoms with Crippen molar-refractivity contribution in [3.63, 3.8) is 0 Å². The van der Waals surface area contributed by atoms with E-state index in [0.29, 0.717) is 28.4 Å². The summed E-state index contributed by atoms with van der Waals surface area (Å²) >= 11 is 0. The van der Waals surface area contributed by atoms with Gasteiger partial charge < -0.3 is 10.7 Å². The van der Waals surface area contributed by atoms with Gasteiger partial charge in [0.2, 0.25) is 0 Å². The molecule has 0 unspecified atom stereocenters. The zero-order valence-electron chi connectivity index (χ0n) is 13.1. The third-order valence-electron chi connectivity index (χ3n) is 5.00. The summed E-state index contributed by atoms with van der Waals surface area (Å²) in [6.45, 7) is 4.48. The lowest BCUT2D eigenvalue weighted by Crippen LogP contribution is -2.39. The first-order valence-corrected chi connectivity index (χ1v) is 8.01. The maximum absolute atomic E-state index is 12.7. The van der Waals surface area contributed by atoms with Gasteiger partial charge in [-0.3, -0.25) is 9.36 Å². The molecule has 0 radical (unpaired) electrons. The molecule has 1 heterocycles. The molecule has 0 aliphatic heterocycles. The molecule has 1 aliphatic carbocycles. The van der Waals surface area contributed by atoms with E-state index in [1.165, 1.54) is 4.57 Å². The third kappa shape index (κ3) is 2.56. The molecular formula is C17H23N3O2. The van der Waals surface area contributed by atoms with Crippen LogP contribution in [0.2, 0.25) is 0 Å². The van der Waals surface area contributed by atoms with Gasteiger partial charge in [-0.15, -0.1) is 0 Å². The van der Waals surface area contributed by atoms with Crippen molar-refractivity contribution < 1.29 is 0 Å². The van der Waals surface area contributed by atoms with Crippen molar-refractivity contribution in [1.82, 2.24) is 9.55 Å². The summed E-state index contributed by atoms with van der Waals surface area (Å²) in [5.74, 6) is 1.36. The van der Waals surface area contributed by atoms with Crippen molar-refractivity contribution in [1.29, 1.82) is 0 Å². The highest BCUT2D eigenvalue weighted by atomic mass is 16.2. The van der Waals surface area contributed by atoms with Crippen molar-refractivity contribution in [2.75, 3.05) is 5.73 Å². The van der Waals surface area contributed by atoms with Gasteiger partial charge in [-0.25, -0.2) is 4.79 Å². The number of aromatic nitrogens is 2. The minimum absolute atomic E-state index is 0.00270. The van der Waals surface area contributed by atoms with Gasteiger partial charge in [-0.2, -0.15) is 0 Å². The van der Waals surface area contributed by atoms with E-state index >= 15 is 0 Å². The molecule has 118 valence electrons. The fourth-order valence-corrected chi connectivity index (χ4v) is 3.60. The summed E-state index contributed by atoms with van der Waals surface area (Å²) in [7, 11) is 0. The first-order valence-electron chi connectivity index (χ1n) is 8.01. The number of nitrogen functional groups attached to an aromatic ring is 1. The largest absolute Gasteiger partial charge is 0.399 e. The number of nitrogens with two attached hydrogens (primary N) is 1. The maximum atomic E-state index is 12.7. The van der Waals surface area contributed by atoms with Crippen LogP contribution in [0.1, 0.15) is 45.6 Å². The number of nitrogens with one attached hydrogen (secondary N) is 1. The predicted molar refractivity (Wildman–Crippen MR) is 89.1 cm³/mol. The second-order valence-corrected chi connectivity index (χ2v) is 6.72. The Morgan fingerprint density at radius 2 is 1.86 bits per heavy atom. The fourth-order valence-electron chi connectivity index (χ4n) is 3.60. The number of rotatable bonds is 2. The van der Waals surface area contributed by atoms with E-state index in [2.05, 4.69) is 18.8 Å². The molecule has 1 aromatic heterocycles. The van der Waals surface area contributed by atoms with Gasteiger partial charge in [0, 0.05) is 11.7 Å². The molecule has 22 heavy (non-hydrogen) atoms. The summed E-state index contributed by atoms with van der Waals surface area (Å²) < 4.78 is 1.40. The van der Waals surface area contributed by atoms with Gasteiger partial charge in [0.05, 0.1) is 10.9 Å². The number of H-pyrrole nitrogens is 1. The highest BCUT2D eigenvalue weighted by molar-refractivity contribution is 5.80. The lowest BCUT2D eigenvalue weighted by atomic mass is 9.79. The Hall–Kier alpha value is -2.04. The fraction of sp³-hybridized carbons (Fsp3) is 0.529. The van der Waals surface area contributed by atoms with Crippen molar-refractivity contribution >= 4 is 16.6 Å². The van der Waals surface area contributed by atoms with Crippen LogP contribution in [0.3, 0.4) is 0 Å². The van der Waals surface area contributed by atoms with Gasteiger partial charge in [-0.1, -0.05) is 13.8 Å². The predicted octanol–water partition coefficient (Wildman–Crippen LogP) is 2.66. The van der Waals surface area contributed by atoms with Crippen LogP contribution in [0, 0.1) is 11.8 Å². The van der Waals surface area contributed by atoms with Crippen LogP contribution in [-0.4, -0.2) is 9.55 Å². The standard InChI is InChI=1S/C17H23N3O2/c1-10(2)11-3-6-13(7-4-11)20-16(21)14-9-12(18)5-8-15(14)19-17(20)22/h5,8-11,13H,3-4,6-7,18H2,1-2H3,(H,19,22). The van der Waals surface area contributed by atoms with Crippen LogP contribution >= 0.6 is 0 Å². The zero-order chi connectivity index (χ0) is 15.9. The van der Waals surface area contributed by atoms with Crippen LogP contribution in [0.5, 0.6) is 0 Å². The number of hydrogen-bond donors (Lipinski definition) is 2. The second-order valence-electron chi connectivity index (χ2n) is 6.72. The first kappa shape index (κ1) is 14.9. The topological polar surface area (TPSA) is 80.9 Å². The van der Waals surface area contributed by atoms with E-state index in [1.54, 1.807) is 18.2 Å². The summed E-state index contributed by atoms with van der Waals surface area (Å²) in [6.07, 6.45) is 3.92. The normalized spacial score (nSPS) is 22.3. The number of hydrogen-bond acceptors (Lipinski definition) is 3. The van der Waals surface area contributed by atoms with E-state index in [0.717, 1.165) is 25.7 Å². The molecule has 3 N–H and O–H groups in total. The van der Waals surface area contributed by atoms with E-state index in [9.17, 15) is 9.59 Å². The Morgan fingerprint density at radius 1 is 1.18 bits per heavy atom. The molecular weight excluding hydrogens is 278 g/mol. The molecule has 1 aromatic carbocycles. The molecule has 5 heteroatoms. The summed E-state index contributed by atoms with van der Waals surface area (Å²) in [4.78, 5) is 27.8. The number of aromatic amines is 1. The van der Waals surface area contributed by atoms with Crippen LogP contribution in [0.4, 0.5) is 5.69 Å². The van der Waals surface area contributed by atoms with E-state index in [-0.39, 0.29) is 17.3 Å². The van der Waals surface area contributed by atoms with Crippen molar-refractivity contribution in [2.24, 2.45) is 11.8 Å². The molecule has 0 bridgehead atoms. The van der Waals surface area contributed by atoms with E-state index < -0.39 is 0 Å². The number of fused-ring (bicyclic) bond motifs is 1. The molecule has 0 amide bonds. The molecule has 0 spiro atoms. The lowest BCUT2D eigenvalue weighted by molar-refractivity contribution is 0.220. The van der Waals surface area contributed by atoms with E-state index in [4.69, 9.17) is 5.73 Å². The molecule has 1 fully saturated rings. The minimum atomic E-state index is -0.310. The van der Waals surface area contributed by atoms with Crippen LogP contribution in [0.25, 0.3) is 10.9 Å². The Bertz CT molecular complexity index is 796. The van der Waals surface area contributed by atoms with Crippen LogP contribution in [0.15, 0.2) is 27.8 Å². The molecule has 3 rings (SSSR count). The molecule has 1 saturated carbocycles. The summed E-state index contributed by atoms with van der Waals surface area (Å²) in [5.41, 5.74) is 6.32. The lowest BCUT2D eigenvalue weighted by Gasteiger charge is -2.31. The second kappa shape index (κ2) is 5.63. The van der Waals surface area contributed by atoms with Gasteiger partial charge >= 0.3 is 5.69 Å². The van der Waals surface area contributed by atoms with Crippen LogP contribution in [-0.2, 0) is 0 Å². The number of benzene rings is 1. The maximum Gasteiger partial charge on any atom is 0.329 e. The third-order valence-corrected chi connectivity index (χ3v) is 5.00. The van der Waals surface area contributed by atoms with Gasteiger partial charge in [0.15, 0.2) is 0 Å². The smallest absolute Gasteiger partial charge is 0.329 e. The quantitative estimate of drug-likeness (QED) is 0.837. The van der Waals surface area contributed by atoms with Crippen molar-refractivity contribution in [3.05, 3.63) is 39.0 Å². The highest BCUT2D eigenvalue weighted by Gasteiger charge is 2.26. The SMILES string of the molecule is CC(C)C1CCC(n2c(=O)[nH]c3ccc(N)cc3c2=O)CC1. The molecule has 2 aromatic rings. The van der Waals surface area contributed by atoms with Gasteiger partial charge in [0.1, 0.15) is 0 Å². The average molecular weight is 301 g/mol. The Labute approximate surface area is 129 Å². The number of nitrogens with zero attached hydrogens (tertiary/aromatic N) is 1. The molecule has 0 saturated heterocycles. The van der Waals surface area contributed by atoms with E-state index in [1.807, 2.05) is 0 Å². The Balaban J connectivity index is 2.01. The van der Waals surface area contributed by atoms with Crippen LogP contribution < -0.4 is 17.0 Å². The van der Waals surface area contributed by atoms with Crippen molar-refractivity contribution in [2.45, 2.75) is 45.6 Å².